The SMILES string of the molecule is C=CCN(C(=O)C1N(CCCCO)C(=O)[C@@H]2[C@@H](C(=O)N(CC=C)c3ccc(OCC)cc3)[C@H]3CCC12S3)c1ccc2ccccc2c1. The number of nitrogens with zero attached hydrogens (tertiary/aromatic N) is 3. The number of fused-ring (bicyclic) bond motifs is 2. The number of likely N-dealkylation sites (tertiary alicyclic amines) is 1. The molecule has 6 rings (SSSR count). The highest BCUT2D eigenvalue weighted by molar-refractivity contribution is 8.02. The second kappa shape index (κ2) is 14.0. The Morgan fingerprint density at radius 1 is 0.979 bits per heavy atom. The first-order valence-electron chi connectivity index (χ1n) is 16.5. The molecule has 2 bridgehead atoms. The van der Waals surface area contributed by atoms with Crippen molar-refractivity contribution >= 4 is 51.6 Å². The molecule has 0 radical (unpaired) electrons. The molecular formula is C38H43N3O5S. The number of aliphatic hydroxyl groups excluding tert-OH is 1. The van der Waals surface area contributed by atoms with E-state index in [2.05, 4.69) is 13.2 Å². The molecule has 1 N–H and O–H groups in total. The Bertz CT molecular complexity index is 1660. The number of anilines is 2. The van der Waals surface area contributed by atoms with Gasteiger partial charge in [0.05, 0.1) is 23.2 Å². The zero-order valence-electron chi connectivity index (χ0n) is 26.9. The van der Waals surface area contributed by atoms with Gasteiger partial charge in [-0.05, 0) is 79.8 Å². The number of carbonyl (C=O) groups excluding carboxylic acids is 3. The van der Waals surface area contributed by atoms with E-state index in [1.54, 1.807) is 38.6 Å². The van der Waals surface area contributed by atoms with Gasteiger partial charge >= 0.3 is 0 Å². The van der Waals surface area contributed by atoms with Crippen molar-refractivity contribution in [3.8, 4) is 5.75 Å². The van der Waals surface area contributed by atoms with Gasteiger partial charge in [-0.1, -0.05) is 42.5 Å². The van der Waals surface area contributed by atoms with Crippen LogP contribution in [0, 0.1) is 11.8 Å². The van der Waals surface area contributed by atoms with Crippen LogP contribution in [0.4, 0.5) is 11.4 Å². The quantitative estimate of drug-likeness (QED) is 0.174. The van der Waals surface area contributed by atoms with Gasteiger partial charge in [0, 0.05) is 42.9 Å². The molecule has 8 nitrogen and oxygen atoms in total. The van der Waals surface area contributed by atoms with Gasteiger partial charge in [-0.2, -0.15) is 0 Å². The number of thioether (sulfide) groups is 1. The summed E-state index contributed by atoms with van der Waals surface area (Å²) in [7, 11) is 0. The molecule has 3 aliphatic rings. The zero-order chi connectivity index (χ0) is 33.1. The first-order chi connectivity index (χ1) is 22.9. The Hall–Kier alpha value is -4.08. The number of aliphatic hydroxyl groups is 1. The maximum atomic E-state index is 14.9. The Kier molecular flexibility index (Phi) is 9.75. The second-order valence-electron chi connectivity index (χ2n) is 12.5. The largest absolute Gasteiger partial charge is 0.494 e. The van der Waals surface area contributed by atoms with Crippen LogP contribution in [0.2, 0.25) is 0 Å². The lowest BCUT2D eigenvalue weighted by atomic mass is 9.70. The van der Waals surface area contributed by atoms with E-state index >= 15 is 0 Å². The fourth-order valence-corrected chi connectivity index (χ4v) is 10.0. The van der Waals surface area contributed by atoms with Crippen molar-refractivity contribution in [3.05, 3.63) is 92.0 Å². The predicted molar refractivity (Wildman–Crippen MR) is 189 cm³/mol. The third kappa shape index (κ3) is 5.84. The van der Waals surface area contributed by atoms with Crippen LogP contribution in [-0.2, 0) is 14.4 Å². The summed E-state index contributed by atoms with van der Waals surface area (Å²) in [5.74, 6) is -0.892. The van der Waals surface area contributed by atoms with Crippen molar-refractivity contribution in [3.63, 3.8) is 0 Å². The summed E-state index contributed by atoms with van der Waals surface area (Å²) in [6.07, 6.45) is 5.93. The van der Waals surface area contributed by atoms with E-state index in [0.717, 1.165) is 28.6 Å². The standard InChI is InChI=1S/C38H43N3O5S/c1-4-21-39(28-15-17-30(18-16-28)46-6-3)35(43)32-31-19-20-38(47-31)33(32)36(44)41(23-9-10-24-42)34(38)37(45)40(22-5-2)29-14-13-26-11-7-8-12-27(26)25-29/h4-5,7-8,11-18,25,31-34,42H,1-2,6,9-10,19-24H2,3H3/t31-,32+,33+,34?,38?/m1/s1. The van der Waals surface area contributed by atoms with Crippen LogP contribution >= 0.6 is 11.8 Å². The molecule has 3 aromatic rings. The molecule has 3 aromatic carbocycles. The molecule has 5 atom stereocenters. The lowest BCUT2D eigenvalue weighted by Gasteiger charge is -2.37. The Labute approximate surface area is 281 Å². The van der Waals surface area contributed by atoms with Crippen molar-refractivity contribution in [2.45, 2.75) is 48.6 Å². The maximum Gasteiger partial charge on any atom is 0.251 e. The molecule has 3 saturated heterocycles. The molecule has 0 aliphatic carbocycles. The summed E-state index contributed by atoms with van der Waals surface area (Å²) in [6.45, 7) is 11.3. The van der Waals surface area contributed by atoms with Gasteiger partial charge in [-0.25, -0.2) is 0 Å². The fourth-order valence-electron chi connectivity index (χ4n) is 7.81. The Balaban J connectivity index is 1.37. The summed E-state index contributed by atoms with van der Waals surface area (Å²) in [6, 6.07) is 20.7. The van der Waals surface area contributed by atoms with Crippen molar-refractivity contribution < 1.29 is 24.2 Å². The molecule has 3 heterocycles. The van der Waals surface area contributed by atoms with E-state index < -0.39 is 22.6 Å². The molecule has 0 aromatic heterocycles. The van der Waals surface area contributed by atoms with Crippen molar-refractivity contribution in [2.24, 2.45) is 11.8 Å². The number of amides is 3. The maximum absolute atomic E-state index is 14.9. The van der Waals surface area contributed by atoms with Gasteiger partial charge in [0.2, 0.25) is 11.8 Å². The van der Waals surface area contributed by atoms with E-state index in [1.807, 2.05) is 73.7 Å². The van der Waals surface area contributed by atoms with E-state index in [0.29, 0.717) is 44.6 Å². The first kappa shape index (κ1) is 32.8. The third-order valence-corrected chi connectivity index (χ3v) is 11.7. The van der Waals surface area contributed by atoms with Gasteiger partial charge in [0.15, 0.2) is 0 Å². The number of hydrogen-bond donors (Lipinski definition) is 1. The van der Waals surface area contributed by atoms with E-state index in [-0.39, 0.29) is 36.1 Å². The predicted octanol–water partition coefficient (Wildman–Crippen LogP) is 5.84. The van der Waals surface area contributed by atoms with Gasteiger partial charge in [-0.15, -0.1) is 24.9 Å². The summed E-state index contributed by atoms with van der Waals surface area (Å²) in [4.78, 5) is 49.2. The lowest BCUT2D eigenvalue weighted by molar-refractivity contribution is -0.139. The molecule has 0 saturated carbocycles. The topological polar surface area (TPSA) is 90.4 Å². The van der Waals surface area contributed by atoms with Crippen LogP contribution in [0.25, 0.3) is 10.8 Å². The monoisotopic (exact) mass is 653 g/mol. The average molecular weight is 654 g/mol. The third-order valence-electron chi connectivity index (χ3n) is 9.79. The highest BCUT2D eigenvalue weighted by Crippen LogP contribution is 2.67. The second-order valence-corrected chi connectivity index (χ2v) is 14.1. The summed E-state index contributed by atoms with van der Waals surface area (Å²) in [5, 5.41) is 11.6. The average Bonchev–Trinajstić information content (AvgIpc) is 3.73. The van der Waals surface area contributed by atoms with Gasteiger partial charge < -0.3 is 24.5 Å². The Morgan fingerprint density at radius 3 is 2.34 bits per heavy atom. The zero-order valence-corrected chi connectivity index (χ0v) is 27.7. The molecule has 3 amide bonds. The lowest BCUT2D eigenvalue weighted by Crippen LogP contribution is -2.55. The van der Waals surface area contributed by atoms with Crippen LogP contribution in [-0.4, -0.2) is 76.6 Å². The molecular weight excluding hydrogens is 611 g/mol. The molecule has 3 aliphatic heterocycles. The highest BCUT2D eigenvalue weighted by Gasteiger charge is 2.74. The minimum absolute atomic E-state index is 0.00538. The van der Waals surface area contributed by atoms with Crippen LogP contribution in [0.3, 0.4) is 0 Å². The Morgan fingerprint density at radius 2 is 1.66 bits per heavy atom. The van der Waals surface area contributed by atoms with E-state index in [4.69, 9.17) is 4.74 Å². The van der Waals surface area contributed by atoms with Crippen molar-refractivity contribution in [1.29, 1.82) is 0 Å². The smallest absolute Gasteiger partial charge is 0.251 e. The minimum Gasteiger partial charge on any atom is -0.494 e. The summed E-state index contributed by atoms with van der Waals surface area (Å²) in [5.41, 5.74) is 1.46. The highest BCUT2D eigenvalue weighted by atomic mass is 32.2. The molecule has 1 spiro atoms. The number of benzene rings is 3. The van der Waals surface area contributed by atoms with Gasteiger partial charge in [0.1, 0.15) is 11.8 Å². The molecule has 3 fully saturated rings. The molecule has 47 heavy (non-hydrogen) atoms. The normalized spacial score (nSPS) is 24.3. The molecule has 9 heteroatoms. The van der Waals surface area contributed by atoms with Gasteiger partial charge in [0.25, 0.3) is 5.91 Å². The first-order valence-corrected chi connectivity index (χ1v) is 17.4. The molecule has 2 unspecified atom stereocenters. The number of ether oxygens (including phenoxy) is 1. The summed E-state index contributed by atoms with van der Waals surface area (Å²) < 4.78 is 4.88. The van der Waals surface area contributed by atoms with E-state index in [1.165, 1.54) is 0 Å². The van der Waals surface area contributed by atoms with E-state index in [9.17, 15) is 19.5 Å². The number of unbranched alkanes of at least 4 members (excludes halogenated alkanes) is 1. The van der Waals surface area contributed by atoms with Crippen LogP contribution < -0.4 is 14.5 Å². The van der Waals surface area contributed by atoms with Crippen LogP contribution in [0.1, 0.15) is 32.6 Å². The molecule has 246 valence electrons. The number of carbonyl (C=O) groups is 3. The number of hydrogen-bond acceptors (Lipinski definition) is 6. The minimum atomic E-state index is -0.740. The van der Waals surface area contributed by atoms with Crippen LogP contribution in [0.5, 0.6) is 5.75 Å². The van der Waals surface area contributed by atoms with Crippen molar-refractivity contribution in [2.75, 3.05) is 42.6 Å². The van der Waals surface area contributed by atoms with Gasteiger partial charge in [-0.3, -0.25) is 14.4 Å². The fraction of sp³-hybridized carbons (Fsp3) is 0.395. The number of rotatable bonds is 14. The van der Waals surface area contributed by atoms with Crippen molar-refractivity contribution in [1.82, 2.24) is 4.90 Å². The summed E-state index contributed by atoms with van der Waals surface area (Å²) >= 11 is 1.66. The van der Waals surface area contributed by atoms with Crippen LogP contribution in [0.15, 0.2) is 92.0 Å².